The monoisotopic (exact) mass is 920 g/mol. The van der Waals surface area contributed by atoms with Gasteiger partial charge in [-0.2, -0.15) is 0 Å². The topological polar surface area (TPSA) is 13.0 Å². The van der Waals surface area contributed by atoms with Crippen molar-refractivity contribution in [2.45, 2.75) is 18.8 Å². The van der Waals surface area contributed by atoms with Gasteiger partial charge in [0.1, 0.15) is 0 Å². The zero-order chi connectivity index (χ0) is 47.4. The van der Waals surface area contributed by atoms with Gasteiger partial charge in [0.15, 0.2) is 0 Å². The summed E-state index contributed by atoms with van der Waals surface area (Å²) in [5, 5.41) is 2.61. The molecule has 5 aliphatic rings. The van der Waals surface area contributed by atoms with E-state index in [1.807, 2.05) is 0 Å². The van der Waals surface area contributed by atoms with Crippen molar-refractivity contribution in [3.05, 3.63) is 271 Å². The standard InChI is InChI=1S/C68H48N4/c1-44-57-41-45(32-37-52(57)53-39-35-49(42-58(44)53)71-64-27-12-8-23-60(64)69(47-17-4-2-5-18-47)61-24-9-13-28-65(61)71)31-33-46-34-38-56-54-40-36-50(43-59(54)55-22-16-21-51(46)68(55)56)72-66-29-14-10-25-62(66)70(48-19-6-3-7-20-48)63-26-11-15-30-67(63)72/h2-44,53,58H,1H3/b33-31+. The van der Waals surface area contributed by atoms with E-state index >= 15 is 0 Å². The molecule has 0 saturated heterocycles. The molecule has 72 heavy (non-hydrogen) atoms. The number of nitrogens with zero attached hydrogens (tertiary/aromatic N) is 4. The van der Waals surface area contributed by atoms with Gasteiger partial charge in [0, 0.05) is 28.7 Å². The summed E-state index contributed by atoms with van der Waals surface area (Å²) in [7, 11) is 0. The lowest BCUT2D eigenvalue weighted by Crippen LogP contribution is -2.27. The number of allylic oxidation sites excluding steroid dienone is 3. The van der Waals surface area contributed by atoms with Crippen LogP contribution < -0.4 is 19.6 Å². The molecule has 0 spiro atoms. The van der Waals surface area contributed by atoms with Crippen LogP contribution in [0.5, 0.6) is 0 Å². The molecule has 10 aromatic rings. The normalized spacial score (nSPS) is 17.5. The van der Waals surface area contributed by atoms with E-state index in [1.165, 1.54) is 83.7 Å². The molecule has 0 aromatic heterocycles. The fourth-order valence-corrected chi connectivity index (χ4v) is 12.7. The van der Waals surface area contributed by atoms with Gasteiger partial charge in [-0.15, -0.1) is 0 Å². The van der Waals surface area contributed by atoms with E-state index in [2.05, 4.69) is 281 Å². The first-order chi connectivity index (χ1) is 35.7. The first-order valence-electron chi connectivity index (χ1n) is 25.3. The van der Waals surface area contributed by atoms with Crippen molar-refractivity contribution in [2.24, 2.45) is 5.92 Å². The quantitative estimate of drug-likeness (QED) is 0.154. The van der Waals surface area contributed by atoms with Gasteiger partial charge in [0.25, 0.3) is 0 Å². The molecule has 0 N–H and O–H groups in total. The average molecular weight is 921 g/mol. The van der Waals surface area contributed by atoms with Crippen LogP contribution in [0.25, 0.3) is 45.2 Å². The molecule has 340 valence electrons. The summed E-state index contributed by atoms with van der Waals surface area (Å²) in [6.07, 6.45) is 12.0. The molecule has 2 heterocycles. The van der Waals surface area contributed by atoms with Gasteiger partial charge in [0.2, 0.25) is 0 Å². The molecule has 2 aliphatic heterocycles. The maximum Gasteiger partial charge on any atom is 0.0703 e. The zero-order valence-corrected chi connectivity index (χ0v) is 39.8. The predicted molar refractivity (Wildman–Crippen MR) is 302 cm³/mol. The molecule has 10 aromatic carbocycles. The van der Waals surface area contributed by atoms with E-state index in [-0.39, 0.29) is 0 Å². The van der Waals surface area contributed by atoms with Crippen molar-refractivity contribution in [1.29, 1.82) is 0 Å². The number of hydrogen-bond acceptors (Lipinski definition) is 4. The third-order valence-electron chi connectivity index (χ3n) is 15.9. The summed E-state index contributed by atoms with van der Waals surface area (Å²) in [5.41, 5.74) is 24.6. The second-order valence-electron chi connectivity index (χ2n) is 19.7. The summed E-state index contributed by atoms with van der Waals surface area (Å²) in [5.74, 6) is 1.06. The highest BCUT2D eigenvalue weighted by Crippen LogP contribution is 2.58. The van der Waals surface area contributed by atoms with Gasteiger partial charge in [-0.1, -0.05) is 171 Å². The Balaban J connectivity index is 0.737. The van der Waals surface area contributed by atoms with Crippen LogP contribution in [0.4, 0.5) is 62.6 Å². The van der Waals surface area contributed by atoms with Gasteiger partial charge in [-0.05, 0) is 158 Å². The average Bonchev–Trinajstić information content (AvgIpc) is 3.91. The lowest BCUT2D eigenvalue weighted by Gasteiger charge is -2.41. The van der Waals surface area contributed by atoms with Gasteiger partial charge < -0.3 is 19.6 Å². The molecule has 0 bridgehead atoms. The van der Waals surface area contributed by atoms with Crippen LogP contribution in [0.1, 0.15) is 41.0 Å². The molecule has 3 atom stereocenters. The third-order valence-corrected chi connectivity index (χ3v) is 15.9. The number of para-hydroxylation sites is 10. The van der Waals surface area contributed by atoms with Crippen molar-refractivity contribution in [1.82, 2.24) is 0 Å². The second-order valence-corrected chi connectivity index (χ2v) is 19.7. The molecule has 0 radical (unpaired) electrons. The Hall–Kier alpha value is -9.12. The van der Waals surface area contributed by atoms with Crippen LogP contribution >= 0.6 is 0 Å². The molecule has 3 unspecified atom stereocenters. The minimum atomic E-state index is 0.343. The number of anilines is 11. The van der Waals surface area contributed by atoms with Gasteiger partial charge in [0.05, 0.1) is 45.5 Å². The fraction of sp³-hybridized carbons (Fsp3) is 0.0588. The fourth-order valence-electron chi connectivity index (χ4n) is 12.7. The smallest absolute Gasteiger partial charge is 0.0703 e. The summed E-state index contributed by atoms with van der Waals surface area (Å²) >= 11 is 0. The van der Waals surface area contributed by atoms with Crippen LogP contribution in [-0.4, -0.2) is 0 Å². The Morgan fingerprint density at radius 2 is 0.889 bits per heavy atom. The Kier molecular flexibility index (Phi) is 9.03. The van der Waals surface area contributed by atoms with E-state index in [0.717, 1.165) is 39.8 Å². The van der Waals surface area contributed by atoms with Crippen LogP contribution in [0, 0.1) is 5.92 Å². The van der Waals surface area contributed by atoms with Gasteiger partial charge in [-0.25, -0.2) is 0 Å². The maximum absolute atomic E-state index is 2.55. The molecule has 3 aliphatic carbocycles. The van der Waals surface area contributed by atoms with Crippen LogP contribution in [-0.2, 0) is 0 Å². The van der Waals surface area contributed by atoms with Crippen molar-refractivity contribution < 1.29 is 0 Å². The summed E-state index contributed by atoms with van der Waals surface area (Å²) in [4.78, 5) is 9.69. The van der Waals surface area contributed by atoms with Crippen molar-refractivity contribution in [3.63, 3.8) is 0 Å². The van der Waals surface area contributed by atoms with E-state index < -0.39 is 0 Å². The maximum atomic E-state index is 2.55. The third kappa shape index (κ3) is 6.05. The molecule has 0 amide bonds. The van der Waals surface area contributed by atoms with Crippen LogP contribution in [0.15, 0.2) is 248 Å². The van der Waals surface area contributed by atoms with Crippen molar-refractivity contribution in [3.8, 4) is 22.3 Å². The molecule has 4 nitrogen and oxygen atoms in total. The number of rotatable bonds is 6. The number of fused-ring (bicyclic) bond motifs is 10. The lowest BCUT2D eigenvalue weighted by atomic mass is 9.83. The number of benzene rings is 10. The first-order valence-corrected chi connectivity index (χ1v) is 25.3. The highest BCUT2D eigenvalue weighted by atomic mass is 15.3. The van der Waals surface area contributed by atoms with Gasteiger partial charge in [-0.3, -0.25) is 0 Å². The Bertz CT molecular complexity index is 3850. The van der Waals surface area contributed by atoms with E-state index in [1.54, 1.807) is 0 Å². The van der Waals surface area contributed by atoms with Crippen molar-refractivity contribution in [2.75, 3.05) is 19.6 Å². The molecule has 4 heteroatoms. The molecular formula is C68H48N4. The Labute approximate surface area is 420 Å². The van der Waals surface area contributed by atoms with E-state index in [4.69, 9.17) is 0 Å². The van der Waals surface area contributed by atoms with E-state index in [9.17, 15) is 0 Å². The Morgan fingerprint density at radius 3 is 1.47 bits per heavy atom. The minimum Gasteiger partial charge on any atom is -0.307 e. The summed E-state index contributed by atoms with van der Waals surface area (Å²) in [6.45, 7) is 2.42. The minimum absolute atomic E-state index is 0.343. The van der Waals surface area contributed by atoms with Crippen LogP contribution in [0.3, 0.4) is 0 Å². The van der Waals surface area contributed by atoms with E-state index in [0.29, 0.717) is 17.8 Å². The highest BCUT2D eigenvalue weighted by molar-refractivity contribution is 6.18. The number of hydrogen-bond donors (Lipinski definition) is 0. The Morgan fingerprint density at radius 1 is 0.375 bits per heavy atom. The highest BCUT2D eigenvalue weighted by Gasteiger charge is 2.40. The molecule has 0 fully saturated rings. The van der Waals surface area contributed by atoms with Crippen LogP contribution in [0.2, 0.25) is 0 Å². The van der Waals surface area contributed by atoms with Gasteiger partial charge >= 0.3 is 0 Å². The lowest BCUT2D eigenvalue weighted by molar-refractivity contribution is 0.539. The second kappa shape index (κ2) is 16.0. The first kappa shape index (κ1) is 40.7. The SMILES string of the molecule is CC1c2cc(/C=C/c3ccc4c5c(cccc35)-c3cc(N5c6ccccc6N(c6ccccc6)c6ccccc65)ccc3-4)ccc2C2C=CC(N3c4ccccc4N(c4ccccc4)c4ccccc43)=CC12. The molecular weight excluding hydrogens is 873 g/mol. The molecule has 0 saturated carbocycles. The van der Waals surface area contributed by atoms with Crippen molar-refractivity contribution >= 4 is 85.5 Å². The zero-order valence-electron chi connectivity index (χ0n) is 39.8. The summed E-state index contributed by atoms with van der Waals surface area (Å²) in [6, 6.07) is 82.3. The molecule has 15 rings (SSSR count). The predicted octanol–water partition coefficient (Wildman–Crippen LogP) is 18.8. The summed E-state index contributed by atoms with van der Waals surface area (Å²) < 4.78 is 0. The largest absolute Gasteiger partial charge is 0.307 e.